The molecule has 0 heterocycles. The largest absolute Gasteiger partial charge is 0.493 e. The van der Waals surface area contributed by atoms with E-state index in [-0.39, 0.29) is 5.91 Å². The van der Waals surface area contributed by atoms with Crippen LogP contribution >= 0.6 is 11.6 Å². The van der Waals surface area contributed by atoms with Gasteiger partial charge in [0.25, 0.3) is 5.91 Å². The van der Waals surface area contributed by atoms with Crippen LogP contribution in [-0.4, -0.2) is 51.1 Å². The highest BCUT2D eigenvalue weighted by molar-refractivity contribution is 6.18. The van der Waals surface area contributed by atoms with Crippen LogP contribution in [0.1, 0.15) is 17.3 Å². The number of benzene rings is 1. The van der Waals surface area contributed by atoms with Crippen molar-refractivity contribution in [1.29, 1.82) is 0 Å². The Balaban J connectivity index is 3.27. The zero-order valence-corrected chi connectivity index (χ0v) is 13.0. The van der Waals surface area contributed by atoms with Crippen molar-refractivity contribution in [1.82, 2.24) is 4.90 Å². The lowest BCUT2D eigenvalue weighted by atomic mass is 10.1. The lowest BCUT2D eigenvalue weighted by Gasteiger charge is -2.22. The molecule has 0 saturated carbocycles. The molecule has 0 spiro atoms. The molecule has 112 valence electrons. The Morgan fingerprint density at radius 3 is 2.25 bits per heavy atom. The molecular weight excluding hydrogens is 282 g/mol. The summed E-state index contributed by atoms with van der Waals surface area (Å²) >= 11 is 5.72. The van der Waals surface area contributed by atoms with Gasteiger partial charge in [-0.2, -0.15) is 0 Å². The van der Waals surface area contributed by atoms with Gasteiger partial charge in [0, 0.05) is 19.0 Å². The van der Waals surface area contributed by atoms with Gasteiger partial charge in [-0.3, -0.25) is 4.79 Å². The number of alkyl halides is 1. The first-order chi connectivity index (χ1) is 9.64. The van der Waals surface area contributed by atoms with Crippen LogP contribution in [0.4, 0.5) is 0 Å². The first-order valence-electron chi connectivity index (χ1n) is 6.28. The average molecular weight is 302 g/mol. The topological polar surface area (TPSA) is 48.0 Å². The van der Waals surface area contributed by atoms with Crippen LogP contribution in [0.15, 0.2) is 12.1 Å². The molecule has 5 nitrogen and oxygen atoms in total. The van der Waals surface area contributed by atoms with Crippen LogP contribution in [-0.2, 0) is 0 Å². The summed E-state index contributed by atoms with van der Waals surface area (Å²) in [6, 6.07) is 3.35. The number of nitrogens with zero attached hydrogens (tertiary/aromatic N) is 1. The second kappa shape index (κ2) is 7.85. The number of rotatable bonds is 7. The third-order valence-corrected chi connectivity index (χ3v) is 3.13. The van der Waals surface area contributed by atoms with Crippen molar-refractivity contribution in [2.45, 2.75) is 6.92 Å². The van der Waals surface area contributed by atoms with Crippen LogP contribution < -0.4 is 14.2 Å². The van der Waals surface area contributed by atoms with Gasteiger partial charge in [-0.05, 0) is 19.1 Å². The minimum absolute atomic E-state index is 0.147. The molecule has 0 aliphatic heterocycles. The van der Waals surface area contributed by atoms with Gasteiger partial charge < -0.3 is 19.1 Å². The minimum atomic E-state index is -0.147. The third-order valence-electron chi connectivity index (χ3n) is 2.96. The molecule has 20 heavy (non-hydrogen) atoms. The number of methoxy groups -OCH3 is 3. The van der Waals surface area contributed by atoms with Crippen LogP contribution in [0.5, 0.6) is 17.2 Å². The molecule has 6 heteroatoms. The molecule has 0 N–H and O–H groups in total. The molecule has 1 aromatic carbocycles. The maximum Gasteiger partial charge on any atom is 0.257 e. The summed E-state index contributed by atoms with van der Waals surface area (Å²) in [6.07, 6.45) is 0. The summed E-state index contributed by atoms with van der Waals surface area (Å²) in [5.41, 5.74) is 0.428. The highest BCUT2D eigenvalue weighted by atomic mass is 35.5. The van der Waals surface area contributed by atoms with E-state index in [1.807, 2.05) is 6.92 Å². The molecule has 1 rings (SSSR count). The second-order valence-electron chi connectivity index (χ2n) is 3.96. The summed E-state index contributed by atoms with van der Waals surface area (Å²) in [7, 11) is 4.53. The van der Waals surface area contributed by atoms with Gasteiger partial charge in [-0.1, -0.05) is 0 Å². The predicted molar refractivity (Wildman–Crippen MR) is 78.4 cm³/mol. The molecule has 0 unspecified atom stereocenters. The van der Waals surface area contributed by atoms with Crippen LogP contribution in [0.25, 0.3) is 0 Å². The maximum atomic E-state index is 12.5. The zero-order valence-electron chi connectivity index (χ0n) is 12.2. The number of ether oxygens (including phenoxy) is 3. The highest BCUT2D eigenvalue weighted by Crippen LogP contribution is 2.40. The fourth-order valence-corrected chi connectivity index (χ4v) is 2.15. The van der Waals surface area contributed by atoms with Crippen molar-refractivity contribution in [3.05, 3.63) is 17.7 Å². The number of hydrogen-bond acceptors (Lipinski definition) is 4. The van der Waals surface area contributed by atoms with E-state index >= 15 is 0 Å². The van der Waals surface area contributed by atoms with Gasteiger partial charge >= 0.3 is 0 Å². The fourth-order valence-electron chi connectivity index (χ4n) is 1.95. The Labute approximate surface area is 124 Å². The van der Waals surface area contributed by atoms with E-state index in [1.54, 1.807) is 17.0 Å². The summed E-state index contributed by atoms with van der Waals surface area (Å²) in [5, 5.41) is 0. The number of hydrogen-bond donors (Lipinski definition) is 0. The van der Waals surface area contributed by atoms with Gasteiger partial charge in [-0.15, -0.1) is 11.6 Å². The van der Waals surface area contributed by atoms with E-state index in [2.05, 4.69) is 0 Å². The van der Waals surface area contributed by atoms with Gasteiger partial charge in [0.05, 0.1) is 26.9 Å². The minimum Gasteiger partial charge on any atom is -0.493 e. The van der Waals surface area contributed by atoms with Gasteiger partial charge in [0.2, 0.25) is 5.75 Å². The van der Waals surface area contributed by atoms with Gasteiger partial charge in [-0.25, -0.2) is 0 Å². The van der Waals surface area contributed by atoms with Crippen molar-refractivity contribution in [3.63, 3.8) is 0 Å². The van der Waals surface area contributed by atoms with E-state index in [1.165, 1.54) is 21.3 Å². The Bertz CT molecular complexity index is 465. The zero-order chi connectivity index (χ0) is 15.1. The summed E-state index contributed by atoms with van der Waals surface area (Å²) in [4.78, 5) is 14.2. The summed E-state index contributed by atoms with van der Waals surface area (Å²) in [5.74, 6) is 1.52. The maximum absolute atomic E-state index is 12.5. The van der Waals surface area contributed by atoms with E-state index in [9.17, 15) is 4.79 Å². The number of halogens is 1. The molecule has 0 bridgehead atoms. The average Bonchev–Trinajstić information content (AvgIpc) is 2.49. The Morgan fingerprint density at radius 2 is 1.80 bits per heavy atom. The lowest BCUT2D eigenvalue weighted by molar-refractivity contribution is 0.0770. The van der Waals surface area contributed by atoms with E-state index in [0.29, 0.717) is 41.8 Å². The van der Waals surface area contributed by atoms with Crippen molar-refractivity contribution < 1.29 is 19.0 Å². The normalized spacial score (nSPS) is 10.1. The summed E-state index contributed by atoms with van der Waals surface area (Å²) in [6.45, 7) is 2.95. The van der Waals surface area contributed by atoms with Crippen molar-refractivity contribution in [2.75, 3.05) is 40.3 Å². The molecule has 0 atom stereocenters. The smallest absolute Gasteiger partial charge is 0.257 e. The Hall–Kier alpha value is -1.62. The molecule has 0 aliphatic rings. The van der Waals surface area contributed by atoms with Crippen LogP contribution in [0.2, 0.25) is 0 Å². The highest BCUT2D eigenvalue weighted by Gasteiger charge is 2.23. The number of carbonyl (C=O) groups is 1. The van der Waals surface area contributed by atoms with Crippen molar-refractivity contribution >= 4 is 17.5 Å². The molecule has 0 aliphatic carbocycles. The Kier molecular flexibility index (Phi) is 6.45. The molecule has 0 fully saturated rings. The molecular formula is C14H20ClNO4. The molecule has 1 amide bonds. The summed E-state index contributed by atoms with van der Waals surface area (Å²) < 4.78 is 15.8. The number of carbonyl (C=O) groups excluding carboxylic acids is 1. The lowest BCUT2D eigenvalue weighted by Crippen LogP contribution is -2.32. The molecule has 0 aromatic heterocycles. The van der Waals surface area contributed by atoms with Gasteiger partial charge in [0.1, 0.15) is 0 Å². The first kappa shape index (κ1) is 16.4. The van der Waals surface area contributed by atoms with Crippen LogP contribution in [0, 0.1) is 0 Å². The molecule has 0 radical (unpaired) electrons. The van der Waals surface area contributed by atoms with Crippen molar-refractivity contribution in [2.24, 2.45) is 0 Å². The second-order valence-corrected chi connectivity index (χ2v) is 4.33. The van der Waals surface area contributed by atoms with Gasteiger partial charge in [0.15, 0.2) is 11.5 Å². The standard InChI is InChI=1S/C14H20ClNO4/c1-5-16(9-8-15)14(17)10-6-7-11(18-2)13(20-4)12(10)19-3/h6-7H,5,8-9H2,1-4H3. The van der Waals surface area contributed by atoms with Crippen molar-refractivity contribution in [3.8, 4) is 17.2 Å². The monoisotopic (exact) mass is 301 g/mol. The van der Waals surface area contributed by atoms with E-state index in [0.717, 1.165) is 0 Å². The number of amides is 1. The fraction of sp³-hybridized carbons (Fsp3) is 0.500. The molecule has 1 aromatic rings. The van der Waals surface area contributed by atoms with E-state index < -0.39 is 0 Å². The van der Waals surface area contributed by atoms with E-state index in [4.69, 9.17) is 25.8 Å². The Morgan fingerprint density at radius 1 is 1.15 bits per heavy atom. The molecule has 0 saturated heterocycles. The third kappa shape index (κ3) is 3.28. The first-order valence-corrected chi connectivity index (χ1v) is 6.82. The van der Waals surface area contributed by atoms with Crippen LogP contribution in [0.3, 0.4) is 0 Å². The quantitative estimate of drug-likeness (QED) is 0.726. The SMILES string of the molecule is CCN(CCCl)C(=O)c1ccc(OC)c(OC)c1OC. The predicted octanol–water partition coefficient (Wildman–Crippen LogP) is 2.41.